The van der Waals surface area contributed by atoms with Crippen LogP contribution in [0.5, 0.6) is 11.5 Å². The summed E-state index contributed by atoms with van der Waals surface area (Å²) in [5, 5.41) is 3.45. The molecule has 0 spiro atoms. The Balaban J connectivity index is 1.88. The first-order valence-electron chi connectivity index (χ1n) is 9.08. The van der Waals surface area contributed by atoms with Crippen LogP contribution in [0.2, 0.25) is 10.0 Å². The zero-order valence-electron chi connectivity index (χ0n) is 16.5. The molecule has 1 fully saturated rings. The molecule has 2 aromatic carbocycles. The lowest BCUT2D eigenvalue weighted by Gasteiger charge is -2.27. The summed E-state index contributed by atoms with van der Waals surface area (Å²) in [6, 6.07) is 10.2. The molecule has 0 aromatic heterocycles. The van der Waals surface area contributed by atoms with Crippen LogP contribution >= 0.6 is 35.4 Å². The predicted molar refractivity (Wildman–Crippen MR) is 124 cm³/mol. The van der Waals surface area contributed by atoms with Gasteiger partial charge in [-0.15, -0.1) is 6.58 Å². The summed E-state index contributed by atoms with van der Waals surface area (Å²) < 4.78 is 11.2. The molecule has 0 aliphatic carbocycles. The van der Waals surface area contributed by atoms with Gasteiger partial charge in [0.15, 0.2) is 5.11 Å². The van der Waals surface area contributed by atoms with E-state index in [1.54, 1.807) is 43.5 Å². The summed E-state index contributed by atoms with van der Waals surface area (Å²) in [7, 11) is 1.54. The highest BCUT2D eigenvalue weighted by atomic mass is 35.5. The molecule has 0 atom stereocenters. The molecule has 31 heavy (non-hydrogen) atoms. The van der Waals surface area contributed by atoms with Crippen LogP contribution in [0.15, 0.2) is 54.6 Å². The van der Waals surface area contributed by atoms with Gasteiger partial charge in [0.1, 0.15) is 23.7 Å². The zero-order chi connectivity index (χ0) is 22.5. The van der Waals surface area contributed by atoms with E-state index >= 15 is 0 Å². The van der Waals surface area contributed by atoms with E-state index in [1.165, 1.54) is 17.1 Å². The van der Waals surface area contributed by atoms with E-state index in [0.29, 0.717) is 32.7 Å². The summed E-state index contributed by atoms with van der Waals surface area (Å²) in [6.07, 6.45) is 3.03. The van der Waals surface area contributed by atoms with Gasteiger partial charge in [0.05, 0.1) is 12.1 Å². The fraction of sp³-hybridized carbons (Fsp3) is 0.136. The first kappa shape index (κ1) is 22.8. The molecular weight excluding hydrogens is 459 g/mol. The third-order valence-corrected chi connectivity index (χ3v) is 5.24. The molecule has 2 aromatic rings. The van der Waals surface area contributed by atoms with Crippen molar-refractivity contribution in [3.63, 3.8) is 0 Å². The maximum absolute atomic E-state index is 12.7. The van der Waals surface area contributed by atoms with Gasteiger partial charge >= 0.3 is 0 Å². The molecule has 1 heterocycles. The smallest absolute Gasteiger partial charge is 0.265 e. The number of rotatable bonds is 7. The number of amides is 2. The van der Waals surface area contributed by atoms with Gasteiger partial charge in [0.2, 0.25) is 0 Å². The first-order valence-corrected chi connectivity index (χ1v) is 10.2. The van der Waals surface area contributed by atoms with Crippen LogP contribution in [0.25, 0.3) is 6.08 Å². The fourth-order valence-corrected chi connectivity index (χ4v) is 3.62. The molecule has 0 unspecified atom stereocenters. The standard InChI is InChI=1S/C22H18Cl2N2O4S/c1-3-8-26-21(28)16(20(27)25-22(26)31)10-13-4-6-18(29-2)14(9-13)12-30-19-7-5-15(23)11-17(19)24/h3-7,9-11H,1,8,12H2,2H3,(H,25,27,31)/b16-10+. The average molecular weight is 477 g/mol. The summed E-state index contributed by atoms with van der Waals surface area (Å²) in [4.78, 5) is 26.3. The molecule has 6 nitrogen and oxygen atoms in total. The molecule has 2 amide bonds. The van der Waals surface area contributed by atoms with E-state index in [4.69, 9.17) is 44.9 Å². The Hall–Kier alpha value is -2.87. The zero-order valence-corrected chi connectivity index (χ0v) is 18.8. The predicted octanol–water partition coefficient (Wildman–Crippen LogP) is 4.39. The number of hydrogen-bond donors (Lipinski definition) is 1. The van der Waals surface area contributed by atoms with E-state index in [9.17, 15) is 9.59 Å². The van der Waals surface area contributed by atoms with Gasteiger partial charge in [-0.05, 0) is 54.2 Å². The lowest BCUT2D eigenvalue weighted by Crippen LogP contribution is -2.53. The second-order valence-corrected chi connectivity index (χ2v) is 7.69. The van der Waals surface area contributed by atoms with E-state index in [0.717, 1.165) is 0 Å². The van der Waals surface area contributed by atoms with Crippen LogP contribution in [-0.2, 0) is 16.2 Å². The summed E-state index contributed by atoms with van der Waals surface area (Å²) in [6.45, 7) is 3.95. The third-order valence-electron chi connectivity index (χ3n) is 4.39. The number of benzene rings is 2. The molecule has 0 saturated carbocycles. The normalized spacial score (nSPS) is 15.1. The maximum atomic E-state index is 12.7. The van der Waals surface area contributed by atoms with Gasteiger partial charge in [-0.25, -0.2) is 0 Å². The molecule has 1 aliphatic rings. The highest BCUT2D eigenvalue weighted by molar-refractivity contribution is 7.80. The second kappa shape index (κ2) is 9.96. The van der Waals surface area contributed by atoms with Crippen molar-refractivity contribution in [2.75, 3.05) is 13.7 Å². The Morgan fingerprint density at radius 2 is 1.90 bits per heavy atom. The van der Waals surface area contributed by atoms with Crippen LogP contribution < -0.4 is 14.8 Å². The number of thiocarbonyl (C=S) groups is 1. The van der Waals surface area contributed by atoms with Gasteiger partial charge in [-0.1, -0.05) is 35.3 Å². The Morgan fingerprint density at radius 3 is 2.58 bits per heavy atom. The van der Waals surface area contributed by atoms with Gasteiger partial charge in [0.25, 0.3) is 11.8 Å². The molecule has 3 rings (SSSR count). The van der Waals surface area contributed by atoms with E-state index in [-0.39, 0.29) is 23.8 Å². The van der Waals surface area contributed by atoms with Crippen molar-refractivity contribution in [3.05, 3.63) is 75.8 Å². The number of carbonyl (C=O) groups is 2. The van der Waals surface area contributed by atoms with Crippen molar-refractivity contribution in [2.24, 2.45) is 0 Å². The summed E-state index contributed by atoms with van der Waals surface area (Å²) in [5.74, 6) is 0.000466. The minimum absolute atomic E-state index is 0.0340. The third kappa shape index (κ3) is 5.25. The highest BCUT2D eigenvalue weighted by Crippen LogP contribution is 2.30. The topological polar surface area (TPSA) is 67.9 Å². The van der Waals surface area contributed by atoms with Crippen LogP contribution in [0.3, 0.4) is 0 Å². The van der Waals surface area contributed by atoms with Crippen molar-refractivity contribution < 1.29 is 19.1 Å². The summed E-state index contributed by atoms with van der Waals surface area (Å²) >= 11 is 17.1. The number of nitrogens with one attached hydrogen (secondary N) is 1. The van der Waals surface area contributed by atoms with Gasteiger partial charge in [0, 0.05) is 17.1 Å². The van der Waals surface area contributed by atoms with Gasteiger partial charge < -0.3 is 9.47 Å². The number of ether oxygens (including phenoxy) is 2. The van der Waals surface area contributed by atoms with Crippen molar-refractivity contribution in [3.8, 4) is 11.5 Å². The molecule has 9 heteroatoms. The monoisotopic (exact) mass is 476 g/mol. The molecule has 1 saturated heterocycles. The van der Waals surface area contributed by atoms with Crippen LogP contribution in [0, 0.1) is 0 Å². The Morgan fingerprint density at radius 1 is 1.16 bits per heavy atom. The lowest BCUT2D eigenvalue weighted by molar-refractivity contribution is -0.128. The lowest BCUT2D eigenvalue weighted by atomic mass is 10.0. The quantitative estimate of drug-likeness (QED) is 0.277. The van der Waals surface area contributed by atoms with Crippen molar-refractivity contribution in [1.29, 1.82) is 0 Å². The molecule has 160 valence electrons. The van der Waals surface area contributed by atoms with Crippen molar-refractivity contribution in [2.45, 2.75) is 6.61 Å². The number of nitrogens with zero attached hydrogens (tertiary/aromatic N) is 1. The molecule has 0 bridgehead atoms. The van der Waals surface area contributed by atoms with E-state index in [2.05, 4.69) is 11.9 Å². The number of hydrogen-bond acceptors (Lipinski definition) is 5. The van der Waals surface area contributed by atoms with E-state index < -0.39 is 11.8 Å². The molecule has 0 radical (unpaired) electrons. The highest BCUT2D eigenvalue weighted by Gasteiger charge is 2.32. The van der Waals surface area contributed by atoms with Crippen molar-refractivity contribution >= 4 is 58.4 Å². The number of methoxy groups -OCH3 is 1. The Kier molecular flexibility index (Phi) is 7.33. The van der Waals surface area contributed by atoms with Crippen LogP contribution in [0.4, 0.5) is 0 Å². The minimum atomic E-state index is -0.558. The molecular formula is C22H18Cl2N2O4S. The summed E-state index contributed by atoms with van der Waals surface area (Å²) in [5.41, 5.74) is 1.28. The van der Waals surface area contributed by atoms with Crippen LogP contribution in [0.1, 0.15) is 11.1 Å². The molecule has 1 aliphatic heterocycles. The maximum Gasteiger partial charge on any atom is 0.265 e. The Bertz CT molecular complexity index is 1100. The van der Waals surface area contributed by atoms with Crippen molar-refractivity contribution in [1.82, 2.24) is 10.2 Å². The minimum Gasteiger partial charge on any atom is -0.496 e. The first-order chi connectivity index (χ1) is 14.8. The molecule has 1 N–H and O–H groups in total. The SMILES string of the molecule is C=CCN1C(=O)/C(=C/c2ccc(OC)c(COc3ccc(Cl)cc3Cl)c2)C(=O)NC1=S. The Labute approximate surface area is 195 Å². The van der Waals surface area contributed by atoms with E-state index in [1.807, 2.05) is 0 Å². The fourth-order valence-electron chi connectivity index (χ4n) is 2.90. The van der Waals surface area contributed by atoms with Gasteiger partial charge in [-0.3, -0.25) is 19.8 Å². The largest absolute Gasteiger partial charge is 0.496 e. The second-order valence-electron chi connectivity index (χ2n) is 6.46. The average Bonchev–Trinajstić information content (AvgIpc) is 2.73. The number of carbonyl (C=O) groups excluding carboxylic acids is 2. The van der Waals surface area contributed by atoms with Crippen LogP contribution in [-0.4, -0.2) is 35.5 Å². The number of halogens is 2. The van der Waals surface area contributed by atoms with Gasteiger partial charge in [-0.2, -0.15) is 0 Å².